The van der Waals surface area contributed by atoms with Gasteiger partial charge in [0.1, 0.15) is 5.54 Å². The lowest BCUT2D eigenvalue weighted by molar-refractivity contribution is -0.147. The van der Waals surface area contributed by atoms with Gasteiger partial charge in [0.2, 0.25) is 0 Å². The quantitative estimate of drug-likeness (QED) is 0.817. The van der Waals surface area contributed by atoms with Crippen LogP contribution < -0.4 is 0 Å². The molecule has 0 spiro atoms. The van der Waals surface area contributed by atoms with Crippen molar-refractivity contribution in [3.63, 3.8) is 0 Å². The van der Waals surface area contributed by atoms with E-state index in [-0.39, 0.29) is 6.03 Å². The lowest BCUT2D eigenvalue weighted by atomic mass is 10.0. The Labute approximate surface area is 109 Å². The SMILES string of the molecule is CCN(C(=O)N(C)CC1CC1C)C(C)(C)C(=O)O. The van der Waals surface area contributed by atoms with E-state index in [1.165, 1.54) is 4.90 Å². The molecule has 0 aromatic rings. The molecule has 1 rings (SSSR count). The van der Waals surface area contributed by atoms with Crippen molar-refractivity contribution in [1.82, 2.24) is 9.80 Å². The Bertz CT molecular complexity index is 341. The zero-order valence-electron chi connectivity index (χ0n) is 11.9. The van der Waals surface area contributed by atoms with Gasteiger partial charge in [0.25, 0.3) is 0 Å². The number of carbonyl (C=O) groups is 2. The number of likely N-dealkylation sites (N-methyl/N-ethyl adjacent to an activating group) is 1. The minimum atomic E-state index is -1.17. The summed E-state index contributed by atoms with van der Waals surface area (Å²) in [5.74, 6) is 0.277. The van der Waals surface area contributed by atoms with Crippen LogP contribution in [-0.4, -0.2) is 52.6 Å². The topological polar surface area (TPSA) is 60.9 Å². The second kappa shape index (κ2) is 5.16. The first-order valence-corrected chi connectivity index (χ1v) is 6.47. The molecule has 18 heavy (non-hydrogen) atoms. The van der Waals surface area contributed by atoms with Gasteiger partial charge in [-0.25, -0.2) is 9.59 Å². The summed E-state index contributed by atoms with van der Waals surface area (Å²) in [6, 6.07) is -0.205. The fourth-order valence-electron chi connectivity index (χ4n) is 2.17. The summed E-state index contributed by atoms with van der Waals surface area (Å²) in [6.45, 7) is 8.20. The third-order valence-corrected chi connectivity index (χ3v) is 3.86. The Balaban J connectivity index is 2.69. The second-order valence-electron chi connectivity index (χ2n) is 5.74. The first-order valence-electron chi connectivity index (χ1n) is 6.47. The van der Waals surface area contributed by atoms with E-state index in [1.807, 2.05) is 0 Å². The van der Waals surface area contributed by atoms with Crippen LogP contribution in [0.3, 0.4) is 0 Å². The molecule has 1 N–H and O–H groups in total. The molecular formula is C13H24N2O3. The lowest BCUT2D eigenvalue weighted by Crippen LogP contribution is -2.56. The summed E-state index contributed by atoms with van der Waals surface area (Å²) < 4.78 is 0. The van der Waals surface area contributed by atoms with Gasteiger partial charge in [-0.15, -0.1) is 0 Å². The van der Waals surface area contributed by atoms with E-state index < -0.39 is 11.5 Å². The largest absolute Gasteiger partial charge is 0.480 e. The molecule has 1 aliphatic carbocycles. The third-order valence-electron chi connectivity index (χ3n) is 3.86. The highest BCUT2D eigenvalue weighted by atomic mass is 16.4. The number of hydrogen-bond acceptors (Lipinski definition) is 2. The van der Waals surface area contributed by atoms with Crippen LogP contribution in [0.2, 0.25) is 0 Å². The smallest absolute Gasteiger partial charge is 0.329 e. The van der Waals surface area contributed by atoms with Gasteiger partial charge >= 0.3 is 12.0 Å². The number of aliphatic carboxylic acids is 1. The maximum Gasteiger partial charge on any atom is 0.329 e. The van der Waals surface area contributed by atoms with Crippen LogP contribution in [0.5, 0.6) is 0 Å². The molecule has 104 valence electrons. The van der Waals surface area contributed by atoms with Crippen molar-refractivity contribution < 1.29 is 14.7 Å². The zero-order valence-corrected chi connectivity index (χ0v) is 11.9. The summed E-state index contributed by atoms with van der Waals surface area (Å²) >= 11 is 0. The van der Waals surface area contributed by atoms with Gasteiger partial charge in [0, 0.05) is 20.1 Å². The molecule has 0 aliphatic heterocycles. The minimum absolute atomic E-state index is 0.205. The van der Waals surface area contributed by atoms with Crippen molar-refractivity contribution in [3.8, 4) is 0 Å². The van der Waals surface area contributed by atoms with Crippen LogP contribution in [0.25, 0.3) is 0 Å². The summed E-state index contributed by atoms with van der Waals surface area (Å²) in [4.78, 5) is 26.6. The fourth-order valence-corrected chi connectivity index (χ4v) is 2.17. The van der Waals surface area contributed by atoms with E-state index in [0.29, 0.717) is 24.9 Å². The minimum Gasteiger partial charge on any atom is -0.480 e. The van der Waals surface area contributed by atoms with Gasteiger partial charge in [0.05, 0.1) is 0 Å². The summed E-state index contributed by atoms with van der Waals surface area (Å²) in [5, 5.41) is 9.20. The molecule has 0 aromatic carbocycles. The molecule has 1 saturated carbocycles. The van der Waals surface area contributed by atoms with Gasteiger partial charge in [0.15, 0.2) is 0 Å². The number of rotatable bonds is 5. The van der Waals surface area contributed by atoms with Crippen molar-refractivity contribution in [2.45, 2.75) is 39.7 Å². The molecule has 0 radical (unpaired) electrons. The van der Waals surface area contributed by atoms with E-state index >= 15 is 0 Å². The Kier molecular flexibility index (Phi) is 4.24. The molecule has 0 saturated heterocycles. The molecule has 0 heterocycles. The van der Waals surface area contributed by atoms with Gasteiger partial charge in [-0.1, -0.05) is 6.92 Å². The highest BCUT2D eigenvalue weighted by Gasteiger charge is 2.40. The van der Waals surface area contributed by atoms with E-state index in [1.54, 1.807) is 32.7 Å². The van der Waals surface area contributed by atoms with Crippen LogP contribution in [-0.2, 0) is 4.79 Å². The van der Waals surface area contributed by atoms with Gasteiger partial charge in [-0.05, 0) is 39.0 Å². The van der Waals surface area contributed by atoms with E-state index in [9.17, 15) is 14.7 Å². The number of hydrogen-bond donors (Lipinski definition) is 1. The number of carboxylic acids is 1. The first kappa shape index (κ1) is 14.8. The molecule has 2 amide bonds. The van der Waals surface area contributed by atoms with Crippen LogP contribution >= 0.6 is 0 Å². The molecule has 1 aliphatic rings. The third kappa shape index (κ3) is 2.94. The molecule has 0 aromatic heterocycles. The normalized spacial score (nSPS) is 22.5. The van der Waals surface area contributed by atoms with Crippen molar-refractivity contribution in [1.29, 1.82) is 0 Å². The standard InChI is InChI=1S/C13H24N2O3/c1-6-15(13(3,4)11(16)17)12(18)14(5)8-10-7-9(10)2/h9-10H,6-8H2,1-5H3,(H,16,17). The number of urea groups is 1. The average molecular weight is 256 g/mol. The summed E-state index contributed by atoms with van der Waals surface area (Å²) in [5.41, 5.74) is -1.17. The Morgan fingerprint density at radius 3 is 2.22 bits per heavy atom. The maximum atomic E-state index is 12.3. The Morgan fingerprint density at radius 2 is 1.89 bits per heavy atom. The van der Waals surface area contributed by atoms with Crippen molar-refractivity contribution in [2.24, 2.45) is 11.8 Å². The van der Waals surface area contributed by atoms with Crippen LogP contribution in [0.4, 0.5) is 4.79 Å². The number of carboxylic acid groups (broad SMARTS) is 1. The highest BCUT2D eigenvalue weighted by Crippen LogP contribution is 2.38. The van der Waals surface area contributed by atoms with Crippen molar-refractivity contribution in [2.75, 3.05) is 20.1 Å². The zero-order chi connectivity index (χ0) is 14.1. The maximum absolute atomic E-state index is 12.3. The van der Waals surface area contributed by atoms with Crippen molar-refractivity contribution in [3.05, 3.63) is 0 Å². The molecule has 0 bridgehead atoms. The molecule has 1 fully saturated rings. The van der Waals surface area contributed by atoms with Crippen molar-refractivity contribution >= 4 is 12.0 Å². The van der Waals surface area contributed by atoms with E-state index in [4.69, 9.17) is 0 Å². The number of carbonyl (C=O) groups excluding carboxylic acids is 1. The van der Waals surface area contributed by atoms with Crippen LogP contribution in [0.15, 0.2) is 0 Å². The first-order chi connectivity index (χ1) is 8.21. The number of amides is 2. The Hall–Kier alpha value is -1.26. The molecule has 2 atom stereocenters. The van der Waals surface area contributed by atoms with Gasteiger partial charge in [-0.3, -0.25) is 0 Å². The lowest BCUT2D eigenvalue weighted by Gasteiger charge is -2.37. The summed E-state index contributed by atoms with van der Waals surface area (Å²) in [7, 11) is 1.74. The highest BCUT2D eigenvalue weighted by molar-refractivity contribution is 5.85. The fraction of sp³-hybridized carbons (Fsp3) is 0.846. The molecule has 5 nitrogen and oxygen atoms in total. The molecule has 5 heteroatoms. The van der Waals surface area contributed by atoms with Crippen LogP contribution in [0.1, 0.15) is 34.1 Å². The van der Waals surface area contributed by atoms with Gasteiger partial charge < -0.3 is 14.9 Å². The predicted octanol–water partition coefficient (Wildman–Crippen LogP) is 1.88. The Morgan fingerprint density at radius 1 is 1.39 bits per heavy atom. The van der Waals surface area contributed by atoms with E-state index in [2.05, 4.69) is 6.92 Å². The average Bonchev–Trinajstić information content (AvgIpc) is 2.94. The monoisotopic (exact) mass is 256 g/mol. The molecular weight excluding hydrogens is 232 g/mol. The van der Waals surface area contributed by atoms with E-state index in [0.717, 1.165) is 6.42 Å². The van der Waals surface area contributed by atoms with Gasteiger partial charge in [-0.2, -0.15) is 0 Å². The predicted molar refractivity (Wildman–Crippen MR) is 69.4 cm³/mol. The number of nitrogens with zero attached hydrogens (tertiary/aromatic N) is 2. The summed E-state index contributed by atoms with van der Waals surface area (Å²) in [6.07, 6.45) is 1.16. The molecule has 2 unspecified atom stereocenters. The second-order valence-corrected chi connectivity index (χ2v) is 5.74. The van der Waals surface area contributed by atoms with Crippen LogP contribution in [0, 0.1) is 11.8 Å².